The van der Waals surface area contributed by atoms with Crippen LogP contribution in [0.15, 0.2) is 78.1 Å². The Bertz CT molecular complexity index is 1000. The van der Waals surface area contributed by atoms with Crippen molar-refractivity contribution in [2.24, 2.45) is 5.16 Å². The molecule has 0 amide bonds. The molecule has 154 valence electrons. The summed E-state index contributed by atoms with van der Waals surface area (Å²) in [5, 5.41) is 13.3. The van der Waals surface area contributed by atoms with Crippen LogP contribution in [0.3, 0.4) is 0 Å². The fourth-order valence-electron chi connectivity index (χ4n) is 3.54. The highest BCUT2D eigenvalue weighted by Gasteiger charge is 2.24. The van der Waals surface area contributed by atoms with Crippen molar-refractivity contribution in [3.63, 3.8) is 0 Å². The second-order valence-corrected chi connectivity index (χ2v) is 6.97. The molecule has 6 nitrogen and oxygen atoms in total. The zero-order valence-electron chi connectivity index (χ0n) is 16.5. The van der Waals surface area contributed by atoms with E-state index in [1.165, 1.54) is 11.8 Å². The first-order chi connectivity index (χ1) is 14.8. The fraction of sp³-hybridized carbons (Fsp3) is 0.217. The molecule has 2 aromatic carbocycles. The Morgan fingerprint density at radius 1 is 0.967 bits per heavy atom. The highest BCUT2D eigenvalue weighted by atomic mass is 19.1. The number of hydrogen-bond donors (Lipinski definition) is 1. The zero-order chi connectivity index (χ0) is 20.8. The van der Waals surface area contributed by atoms with E-state index in [-0.39, 0.29) is 12.4 Å². The molecule has 0 unspecified atom stereocenters. The minimum absolute atomic E-state index is 0.0389. The summed E-state index contributed by atoms with van der Waals surface area (Å²) < 4.78 is 19.7. The van der Waals surface area contributed by atoms with Crippen LogP contribution in [-0.4, -0.2) is 47.1 Å². The molecule has 1 saturated heterocycles. The zero-order valence-corrected chi connectivity index (χ0v) is 16.5. The maximum atomic E-state index is 13.9. The third-order valence-electron chi connectivity index (χ3n) is 5.13. The number of ether oxygens (including phenoxy) is 1. The van der Waals surface area contributed by atoms with Crippen molar-refractivity contribution in [3.8, 4) is 5.88 Å². The predicted octanol–water partition coefficient (Wildman–Crippen LogP) is 3.76. The van der Waals surface area contributed by atoms with Crippen LogP contribution in [0.2, 0.25) is 0 Å². The lowest BCUT2D eigenvalue weighted by Gasteiger charge is -2.37. The van der Waals surface area contributed by atoms with Gasteiger partial charge in [-0.25, -0.2) is 9.37 Å². The Labute approximate surface area is 174 Å². The van der Waals surface area contributed by atoms with Crippen molar-refractivity contribution in [1.82, 2.24) is 9.88 Å². The van der Waals surface area contributed by atoms with Crippen LogP contribution < -0.4 is 9.64 Å². The topological polar surface area (TPSA) is 61.2 Å². The van der Waals surface area contributed by atoms with Crippen LogP contribution >= 0.6 is 0 Å². The molecule has 0 aliphatic carbocycles. The second-order valence-electron chi connectivity index (χ2n) is 6.97. The van der Waals surface area contributed by atoms with Crippen molar-refractivity contribution < 1.29 is 14.3 Å². The minimum atomic E-state index is -0.330. The second kappa shape index (κ2) is 9.26. The van der Waals surface area contributed by atoms with E-state index in [0.717, 1.165) is 13.1 Å². The van der Waals surface area contributed by atoms with Gasteiger partial charge in [-0.2, -0.15) is 0 Å². The molecule has 3 aromatic rings. The third kappa shape index (κ3) is 4.35. The molecule has 7 heteroatoms. The summed E-state index contributed by atoms with van der Waals surface area (Å²) in [5.41, 5.74) is 2.19. The number of piperazine rings is 1. The molecule has 1 fully saturated rings. The number of nitrogens with zero attached hydrogens (tertiary/aromatic N) is 4. The van der Waals surface area contributed by atoms with Gasteiger partial charge in [0.05, 0.1) is 5.56 Å². The lowest BCUT2D eigenvalue weighted by atomic mass is 10.2. The van der Waals surface area contributed by atoms with Gasteiger partial charge in [0.25, 0.3) is 0 Å². The summed E-state index contributed by atoms with van der Waals surface area (Å²) in [5.74, 6) is 0.376. The molecule has 30 heavy (non-hydrogen) atoms. The van der Waals surface area contributed by atoms with Crippen LogP contribution in [0.25, 0.3) is 0 Å². The SMILES string of the molecule is O/N=C(/c1cccnc1OCc1ccccc1F)N1CCN(c2ccccc2)CC1. The van der Waals surface area contributed by atoms with Gasteiger partial charge in [0.15, 0.2) is 5.84 Å². The number of benzene rings is 2. The molecular weight excluding hydrogens is 383 g/mol. The normalized spacial score (nSPS) is 14.6. The van der Waals surface area contributed by atoms with Crippen LogP contribution in [0, 0.1) is 5.82 Å². The first-order valence-electron chi connectivity index (χ1n) is 9.85. The van der Waals surface area contributed by atoms with Gasteiger partial charge in [0, 0.05) is 43.6 Å². The van der Waals surface area contributed by atoms with Gasteiger partial charge >= 0.3 is 0 Å². The number of hydrogen-bond acceptors (Lipinski definition) is 5. The average molecular weight is 406 g/mol. The molecule has 1 aliphatic heterocycles. The van der Waals surface area contributed by atoms with Gasteiger partial charge in [-0.05, 0) is 30.3 Å². The number of oxime groups is 1. The van der Waals surface area contributed by atoms with Crippen LogP contribution in [0.5, 0.6) is 5.88 Å². The summed E-state index contributed by atoms with van der Waals surface area (Å²) in [6, 6.07) is 20.2. The van der Waals surface area contributed by atoms with Crippen molar-refractivity contribution >= 4 is 11.5 Å². The molecule has 1 N–H and O–H groups in total. The van der Waals surface area contributed by atoms with Crippen LogP contribution in [-0.2, 0) is 6.61 Å². The van der Waals surface area contributed by atoms with E-state index in [1.807, 2.05) is 23.1 Å². The number of halogens is 1. The lowest BCUT2D eigenvalue weighted by molar-refractivity contribution is 0.280. The highest BCUT2D eigenvalue weighted by Crippen LogP contribution is 2.22. The van der Waals surface area contributed by atoms with Crippen LogP contribution in [0.4, 0.5) is 10.1 Å². The van der Waals surface area contributed by atoms with Crippen LogP contribution in [0.1, 0.15) is 11.1 Å². The Morgan fingerprint density at radius 2 is 1.70 bits per heavy atom. The van der Waals surface area contributed by atoms with Crippen molar-refractivity contribution in [3.05, 3.63) is 89.9 Å². The first kappa shape index (κ1) is 19.7. The van der Waals surface area contributed by atoms with Crippen molar-refractivity contribution in [2.75, 3.05) is 31.1 Å². The van der Waals surface area contributed by atoms with Crippen molar-refractivity contribution in [2.45, 2.75) is 6.61 Å². The Morgan fingerprint density at radius 3 is 2.43 bits per heavy atom. The van der Waals surface area contributed by atoms with E-state index in [2.05, 4.69) is 27.2 Å². The van der Waals surface area contributed by atoms with E-state index in [9.17, 15) is 9.60 Å². The number of rotatable bonds is 5. The monoisotopic (exact) mass is 406 g/mol. The smallest absolute Gasteiger partial charge is 0.224 e. The van der Waals surface area contributed by atoms with E-state index < -0.39 is 0 Å². The summed E-state index contributed by atoms with van der Waals surface area (Å²) >= 11 is 0. The quantitative estimate of drug-likeness (QED) is 0.303. The summed E-state index contributed by atoms with van der Waals surface area (Å²) in [6.45, 7) is 3.02. The third-order valence-corrected chi connectivity index (χ3v) is 5.13. The average Bonchev–Trinajstić information content (AvgIpc) is 2.81. The number of pyridine rings is 1. The Hall–Kier alpha value is -3.61. The van der Waals surface area contributed by atoms with Gasteiger partial charge in [-0.15, -0.1) is 0 Å². The summed E-state index contributed by atoms with van der Waals surface area (Å²) in [6.07, 6.45) is 1.60. The first-order valence-corrected chi connectivity index (χ1v) is 9.85. The van der Waals surface area contributed by atoms with Gasteiger partial charge in [0.2, 0.25) is 5.88 Å². The summed E-state index contributed by atoms with van der Waals surface area (Å²) in [7, 11) is 0. The number of aromatic nitrogens is 1. The number of amidine groups is 1. The van der Waals surface area contributed by atoms with E-state index >= 15 is 0 Å². The molecule has 0 radical (unpaired) electrons. The molecule has 0 saturated carbocycles. The van der Waals surface area contributed by atoms with E-state index in [0.29, 0.717) is 35.9 Å². The van der Waals surface area contributed by atoms with E-state index in [1.54, 1.807) is 36.5 Å². The standard InChI is InChI=1S/C23H23FN4O2/c24-21-11-5-4-7-18(21)17-30-23-20(10-6-12-25-23)22(26-29)28-15-13-27(14-16-28)19-8-2-1-3-9-19/h1-12,29H,13-17H2/b26-22-. The Kier molecular flexibility index (Phi) is 6.08. The highest BCUT2D eigenvalue weighted by molar-refractivity contribution is 6.00. The van der Waals surface area contributed by atoms with Gasteiger partial charge < -0.3 is 19.7 Å². The Balaban J connectivity index is 1.47. The lowest BCUT2D eigenvalue weighted by Crippen LogP contribution is -2.49. The minimum Gasteiger partial charge on any atom is -0.472 e. The number of para-hydroxylation sites is 1. The van der Waals surface area contributed by atoms with E-state index in [4.69, 9.17) is 4.74 Å². The molecule has 1 aromatic heterocycles. The van der Waals surface area contributed by atoms with Gasteiger partial charge in [0.1, 0.15) is 12.4 Å². The summed E-state index contributed by atoms with van der Waals surface area (Å²) in [4.78, 5) is 8.58. The predicted molar refractivity (Wildman–Crippen MR) is 114 cm³/mol. The molecule has 0 bridgehead atoms. The maximum Gasteiger partial charge on any atom is 0.224 e. The molecule has 1 aliphatic rings. The van der Waals surface area contributed by atoms with Crippen molar-refractivity contribution in [1.29, 1.82) is 0 Å². The fourth-order valence-corrected chi connectivity index (χ4v) is 3.54. The van der Waals surface area contributed by atoms with Gasteiger partial charge in [-0.3, -0.25) is 0 Å². The molecule has 0 spiro atoms. The molecule has 2 heterocycles. The molecular formula is C23H23FN4O2. The maximum absolute atomic E-state index is 13.9. The van der Waals surface area contributed by atoms with Gasteiger partial charge in [-0.1, -0.05) is 41.6 Å². The molecule has 4 rings (SSSR count). The molecule has 0 atom stereocenters. The number of anilines is 1. The largest absolute Gasteiger partial charge is 0.472 e.